The van der Waals surface area contributed by atoms with Gasteiger partial charge in [0.25, 0.3) is 0 Å². The van der Waals surface area contributed by atoms with Gasteiger partial charge in [0.2, 0.25) is 5.82 Å². The largest absolute Gasteiger partial charge is 0.362 e. The summed E-state index contributed by atoms with van der Waals surface area (Å²) in [4.78, 5) is 6.39. The van der Waals surface area contributed by atoms with Crippen LogP contribution in [0.25, 0.3) is 11.5 Å². The van der Waals surface area contributed by atoms with E-state index in [2.05, 4.69) is 26.6 Å². The molecule has 0 aliphatic carbocycles. The van der Waals surface area contributed by atoms with Crippen LogP contribution >= 0.6 is 0 Å². The van der Waals surface area contributed by atoms with Gasteiger partial charge in [-0.05, 0) is 47.5 Å². The summed E-state index contributed by atoms with van der Waals surface area (Å²) in [5.74, 6) is -0.346. The molecule has 1 aliphatic rings. The first-order valence-corrected chi connectivity index (χ1v) is 7.95. The highest BCUT2D eigenvalue weighted by atomic mass is 19.1. The lowest BCUT2D eigenvalue weighted by Crippen LogP contribution is -2.24. The van der Waals surface area contributed by atoms with Gasteiger partial charge in [-0.15, -0.1) is 5.10 Å². The predicted octanol–water partition coefficient (Wildman–Crippen LogP) is 2.69. The smallest absolute Gasteiger partial charge is 0.202 e. The van der Waals surface area contributed by atoms with Gasteiger partial charge in [0.15, 0.2) is 0 Å². The Hall–Kier alpha value is -2.90. The molecule has 3 aromatic rings. The lowest BCUT2D eigenvalue weighted by atomic mass is 10.0. The summed E-state index contributed by atoms with van der Waals surface area (Å²) < 4.78 is 29.5. The van der Waals surface area contributed by atoms with Crippen molar-refractivity contribution in [1.82, 2.24) is 25.2 Å². The number of tetrazole rings is 1. The van der Waals surface area contributed by atoms with Crippen LogP contribution in [0.15, 0.2) is 30.5 Å². The third-order valence-electron chi connectivity index (χ3n) is 4.44. The normalized spacial score (nSPS) is 17.2. The van der Waals surface area contributed by atoms with Crippen LogP contribution in [0.2, 0.25) is 0 Å². The summed E-state index contributed by atoms with van der Waals surface area (Å²) in [6.45, 7) is 0.707. The van der Waals surface area contributed by atoms with Crippen molar-refractivity contribution in [3.8, 4) is 11.5 Å². The first kappa shape index (κ1) is 15.6. The fraction of sp³-hybridized carbons (Fsp3) is 0.294. The van der Waals surface area contributed by atoms with Gasteiger partial charge < -0.3 is 4.90 Å². The summed E-state index contributed by atoms with van der Waals surface area (Å²) in [6.07, 6.45) is 3.14. The minimum Gasteiger partial charge on any atom is -0.362 e. The quantitative estimate of drug-likeness (QED) is 0.733. The Kier molecular flexibility index (Phi) is 3.87. The third-order valence-corrected chi connectivity index (χ3v) is 4.44. The van der Waals surface area contributed by atoms with E-state index in [4.69, 9.17) is 0 Å². The van der Waals surface area contributed by atoms with Gasteiger partial charge in [0.05, 0.1) is 11.7 Å². The molecule has 1 unspecified atom stereocenters. The van der Waals surface area contributed by atoms with Gasteiger partial charge in [-0.1, -0.05) is 0 Å². The highest BCUT2D eigenvalue weighted by molar-refractivity contribution is 5.71. The van der Waals surface area contributed by atoms with Gasteiger partial charge in [-0.2, -0.15) is 0 Å². The standard InChI is InChI=1S/C17H15F2N6/c1-24-17(21-22-23-24)16-15(4-2-8-20-16)25-9-3-5-14(25)12-10-11(18)6-7-13(12)19/h4,6-8,10,14H,3,5,9H2,1H3. The number of halogens is 2. The molecule has 127 valence electrons. The van der Waals surface area contributed by atoms with Crippen molar-refractivity contribution in [2.24, 2.45) is 7.05 Å². The maximum atomic E-state index is 14.3. The average molecular weight is 341 g/mol. The molecule has 8 heteroatoms. The summed E-state index contributed by atoms with van der Waals surface area (Å²) in [5.41, 5.74) is 1.70. The molecule has 4 rings (SSSR count). The van der Waals surface area contributed by atoms with Crippen molar-refractivity contribution in [2.45, 2.75) is 18.9 Å². The van der Waals surface area contributed by atoms with E-state index in [1.807, 2.05) is 4.90 Å². The van der Waals surface area contributed by atoms with Crippen molar-refractivity contribution in [2.75, 3.05) is 11.4 Å². The van der Waals surface area contributed by atoms with Crippen LogP contribution in [0.5, 0.6) is 0 Å². The molecule has 2 aromatic heterocycles. The zero-order valence-corrected chi connectivity index (χ0v) is 13.5. The van der Waals surface area contributed by atoms with E-state index in [1.54, 1.807) is 19.3 Å². The number of anilines is 1. The van der Waals surface area contributed by atoms with Crippen LogP contribution in [0.1, 0.15) is 24.4 Å². The maximum Gasteiger partial charge on any atom is 0.202 e. The molecule has 1 aromatic carbocycles. The second kappa shape index (κ2) is 6.19. The van der Waals surface area contributed by atoms with E-state index in [0.717, 1.165) is 24.6 Å². The van der Waals surface area contributed by atoms with E-state index in [1.165, 1.54) is 16.8 Å². The van der Waals surface area contributed by atoms with E-state index in [0.29, 0.717) is 23.6 Å². The summed E-state index contributed by atoms with van der Waals surface area (Å²) in [7, 11) is 1.73. The Bertz CT molecular complexity index is 910. The number of nitrogens with zero attached hydrogens (tertiary/aromatic N) is 6. The molecule has 0 saturated carbocycles. The van der Waals surface area contributed by atoms with Gasteiger partial charge in [-0.25, -0.2) is 18.4 Å². The fourth-order valence-corrected chi connectivity index (χ4v) is 3.32. The lowest BCUT2D eigenvalue weighted by Gasteiger charge is -2.28. The molecule has 1 atom stereocenters. The molecule has 25 heavy (non-hydrogen) atoms. The summed E-state index contributed by atoms with van der Waals surface area (Å²) >= 11 is 0. The van der Waals surface area contributed by atoms with Gasteiger partial charge >= 0.3 is 0 Å². The van der Waals surface area contributed by atoms with Gasteiger partial charge in [-0.3, -0.25) is 0 Å². The predicted molar refractivity (Wildman–Crippen MR) is 86.5 cm³/mol. The Morgan fingerprint density at radius 3 is 2.96 bits per heavy atom. The molecule has 0 amide bonds. The van der Waals surface area contributed by atoms with Crippen molar-refractivity contribution < 1.29 is 8.78 Å². The molecule has 1 aliphatic heterocycles. The minimum absolute atomic E-state index is 0.270. The highest BCUT2D eigenvalue weighted by Gasteiger charge is 2.31. The molecule has 3 heterocycles. The summed E-state index contributed by atoms with van der Waals surface area (Å²) in [6, 6.07) is 8.04. The second-order valence-electron chi connectivity index (χ2n) is 5.95. The Labute approximate surface area is 143 Å². The Balaban J connectivity index is 1.80. The molecule has 0 bridgehead atoms. The van der Waals surface area contributed by atoms with E-state index in [9.17, 15) is 8.78 Å². The molecular formula is C17H15F2N6. The molecule has 6 nitrogen and oxygen atoms in total. The minimum atomic E-state index is -0.446. The van der Waals surface area contributed by atoms with Crippen molar-refractivity contribution >= 4 is 5.69 Å². The summed E-state index contributed by atoms with van der Waals surface area (Å²) in [5, 5.41) is 11.5. The van der Waals surface area contributed by atoms with Crippen LogP contribution in [0.3, 0.4) is 0 Å². The van der Waals surface area contributed by atoms with Crippen LogP contribution in [-0.4, -0.2) is 31.7 Å². The number of hydrogen-bond acceptors (Lipinski definition) is 5. The molecule has 1 radical (unpaired) electrons. The van der Waals surface area contributed by atoms with Crippen molar-refractivity contribution in [1.29, 1.82) is 0 Å². The number of aryl methyl sites for hydroxylation is 1. The van der Waals surface area contributed by atoms with Crippen LogP contribution in [0, 0.1) is 17.7 Å². The van der Waals surface area contributed by atoms with E-state index in [-0.39, 0.29) is 6.04 Å². The topological polar surface area (TPSA) is 59.7 Å². The zero-order valence-electron chi connectivity index (χ0n) is 13.5. The molecule has 0 spiro atoms. The van der Waals surface area contributed by atoms with Crippen LogP contribution < -0.4 is 4.90 Å². The van der Waals surface area contributed by atoms with E-state index >= 15 is 0 Å². The number of hydrogen-bond donors (Lipinski definition) is 0. The lowest BCUT2D eigenvalue weighted by molar-refractivity contribution is 0.561. The first-order valence-electron chi connectivity index (χ1n) is 7.95. The number of pyridine rings is 1. The molecule has 1 fully saturated rings. The van der Waals surface area contributed by atoms with Crippen LogP contribution in [0.4, 0.5) is 14.5 Å². The fourth-order valence-electron chi connectivity index (χ4n) is 3.32. The van der Waals surface area contributed by atoms with Crippen LogP contribution in [-0.2, 0) is 7.05 Å². The highest BCUT2D eigenvalue weighted by Crippen LogP contribution is 2.40. The Morgan fingerprint density at radius 2 is 2.16 bits per heavy atom. The Morgan fingerprint density at radius 1 is 1.28 bits per heavy atom. The second-order valence-corrected chi connectivity index (χ2v) is 5.95. The molecule has 1 saturated heterocycles. The molecule has 0 N–H and O–H groups in total. The third kappa shape index (κ3) is 2.73. The average Bonchev–Trinajstić information content (AvgIpc) is 3.26. The first-order chi connectivity index (χ1) is 12.1. The van der Waals surface area contributed by atoms with Gasteiger partial charge in [0.1, 0.15) is 17.3 Å². The van der Waals surface area contributed by atoms with Crippen molar-refractivity contribution in [3.63, 3.8) is 0 Å². The monoisotopic (exact) mass is 341 g/mol. The number of benzene rings is 1. The number of rotatable bonds is 3. The van der Waals surface area contributed by atoms with Gasteiger partial charge in [0, 0.05) is 31.4 Å². The van der Waals surface area contributed by atoms with Crippen molar-refractivity contribution in [3.05, 3.63) is 53.7 Å². The zero-order chi connectivity index (χ0) is 17.4. The number of aromatic nitrogens is 5. The molecular weight excluding hydrogens is 326 g/mol. The SMILES string of the molecule is Cn1nnnc1-c1nc[c]cc1N1CCCC1c1cc(F)ccc1F. The maximum absolute atomic E-state index is 14.3. The van der Waals surface area contributed by atoms with E-state index < -0.39 is 11.6 Å².